The third-order valence-electron chi connectivity index (χ3n) is 2.10. The molecule has 80 valence electrons. The zero-order valence-corrected chi connectivity index (χ0v) is 10.3. The summed E-state index contributed by atoms with van der Waals surface area (Å²) >= 11 is 1.77. The van der Waals surface area contributed by atoms with Gasteiger partial charge in [0.15, 0.2) is 0 Å². The number of rotatable bonds is 5. The second-order valence-electron chi connectivity index (χ2n) is 4.28. The molecular formula is C11H20N2S. The first-order chi connectivity index (χ1) is 6.58. The Hall–Kier alpha value is -0.410. The largest absolute Gasteiger partial charge is 0.308 e. The van der Waals surface area contributed by atoms with E-state index in [2.05, 4.69) is 38.0 Å². The summed E-state index contributed by atoms with van der Waals surface area (Å²) in [7, 11) is 0. The molecule has 1 unspecified atom stereocenters. The highest BCUT2D eigenvalue weighted by atomic mass is 32.1. The lowest BCUT2D eigenvalue weighted by molar-refractivity contribution is 0.441. The molecule has 0 amide bonds. The minimum absolute atomic E-state index is 0.583. The molecule has 2 nitrogen and oxygen atoms in total. The molecule has 0 aliphatic carbocycles. The molecule has 1 heterocycles. The monoisotopic (exact) mass is 212 g/mol. The smallest absolute Gasteiger partial charge is 0.107 e. The predicted molar refractivity (Wildman–Crippen MR) is 62.6 cm³/mol. The fourth-order valence-electron chi connectivity index (χ4n) is 1.54. The third kappa shape index (κ3) is 4.20. The van der Waals surface area contributed by atoms with Gasteiger partial charge < -0.3 is 5.32 Å². The van der Waals surface area contributed by atoms with Crippen molar-refractivity contribution < 1.29 is 0 Å². The highest BCUT2D eigenvalue weighted by Gasteiger charge is 2.05. The summed E-state index contributed by atoms with van der Waals surface area (Å²) in [6, 6.07) is 0.583. The fourth-order valence-corrected chi connectivity index (χ4v) is 2.27. The van der Waals surface area contributed by atoms with E-state index < -0.39 is 0 Å². The zero-order chi connectivity index (χ0) is 10.6. The number of hydrogen-bond acceptors (Lipinski definition) is 3. The first-order valence-electron chi connectivity index (χ1n) is 5.22. The van der Waals surface area contributed by atoms with E-state index in [1.54, 1.807) is 11.3 Å². The first kappa shape index (κ1) is 11.7. The van der Waals surface area contributed by atoms with Gasteiger partial charge in [-0.15, -0.1) is 11.3 Å². The van der Waals surface area contributed by atoms with Crippen LogP contribution in [0.5, 0.6) is 0 Å². The summed E-state index contributed by atoms with van der Waals surface area (Å²) in [6.45, 7) is 9.75. The molecule has 0 spiro atoms. The molecule has 1 rings (SSSR count). The Bertz CT molecular complexity index is 268. The minimum atomic E-state index is 0.583. The van der Waals surface area contributed by atoms with Crippen molar-refractivity contribution in [2.75, 3.05) is 0 Å². The highest BCUT2D eigenvalue weighted by molar-refractivity contribution is 7.11. The number of aromatic nitrogens is 1. The Morgan fingerprint density at radius 1 is 1.43 bits per heavy atom. The molecule has 1 N–H and O–H groups in total. The van der Waals surface area contributed by atoms with E-state index in [0.717, 1.165) is 12.5 Å². The molecule has 0 aliphatic heterocycles. The molecule has 0 saturated heterocycles. The van der Waals surface area contributed by atoms with Gasteiger partial charge in [0.05, 0.1) is 0 Å². The van der Waals surface area contributed by atoms with Gasteiger partial charge in [-0.3, -0.25) is 0 Å². The second-order valence-corrected chi connectivity index (χ2v) is 5.60. The van der Waals surface area contributed by atoms with Crippen LogP contribution in [0, 0.1) is 12.8 Å². The average molecular weight is 212 g/mol. The molecular weight excluding hydrogens is 192 g/mol. The number of nitrogens with one attached hydrogen (secondary N) is 1. The van der Waals surface area contributed by atoms with Gasteiger partial charge in [-0.2, -0.15) is 0 Å². The van der Waals surface area contributed by atoms with Crippen molar-refractivity contribution in [3.8, 4) is 0 Å². The van der Waals surface area contributed by atoms with E-state index in [4.69, 9.17) is 0 Å². The Morgan fingerprint density at radius 3 is 2.64 bits per heavy atom. The number of hydrogen-bond donors (Lipinski definition) is 1. The Balaban J connectivity index is 2.26. The molecule has 14 heavy (non-hydrogen) atoms. The van der Waals surface area contributed by atoms with Crippen LogP contribution in [-0.4, -0.2) is 11.0 Å². The summed E-state index contributed by atoms with van der Waals surface area (Å²) in [5.74, 6) is 0.760. The average Bonchev–Trinajstić information content (AvgIpc) is 2.47. The lowest BCUT2D eigenvalue weighted by Gasteiger charge is -2.14. The lowest BCUT2D eigenvalue weighted by Crippen LogP contribution is -2.26. The van der Waals surface area contributed by atoms with Crippen LogP contribution in [-0.2, 0) is 6.54 Å². The fraction of sp³-hybridized carbons (Fsp3) is 0.727. The predicted octanol–water partition coefficient (Wildman–Crippen LogP) is 2.98. The normalized spacial score (nSPS) is 13.5. The summed E-state index contributed by atoms with van der Waals surface area (Å²) in [6.07, 6.45) is 3.17. The van der Waals surface area contributed by atoms with Crippen molar-refractivity contribution in [2.45, 2.75) is 46.7 Å². The van der Waals surface area contributed by atoms with Gasteiger partial charge in [0.25, 0.3) is 0 Å². The quantitative estimate of drug-likeness (QED) is 0.811. The third-order valence-corrected chi connectivity index (χ3v) is 3.01. The van der Waals surface area contributed by atoms with Gasteiger partial charge in [0, 0.05) is 23.7 Å². The maximum Gasteiger partial charge on any atom is 0.107 e. The van der Waals surface area contributed by atoms with Crippen LogP contribution in [0.15, 0.2) is 6.20 Å². The van der Waals surface area contributed by atoms with Crippen LogP contribution in [0.25, 0.3) is 0 Å². The van der Waals surface area contributed by atoms with E-state index in [-0.39, 0.29) is 0 Å². The maximum absolute atomic E-state index is 4.32. The van der Waals surface area contributed by atoms with E-state index in [1.807, 2.05) is 6.20 Å². The summed E-state index contributed by atoms with van der Waals surface area (Å²) in [5, 5.41) is 4.68. The van der Waals surface area contributed by atoms with Crippen LogP contribution in [0.3, 0.4) is 0 Å². The SMILES string of the molecule is Cc1cnc(CNC(C)CC(C)C)s1. The summed E-state index contributed by atoms with van der Waals surface area (Å²) in [5.41, 5.74) is 0. The van der Waals surface area contributed by atoms with Gasteiger partial charge in [-0.25, -0.2) is 4.98 Å². The first-order valence-corrected chi connectivity index (χ1v) is 6.04. The molecule has 0 aromatic carbocycles. The molecule has 1 aromatic heterocycles. The van der Waals surface area contributed by atoms with Crippen LogP contribution in [0.2, 0.25) is 0 Å². The zero-order valence-electron chi connectivity index (χ0n) is 9.50. The standard InChI is InChI=1S/C11H20N2S/c1-8(2)5-9(3)12-7-11-13-6-10(4)14-11/h6,8-9,12H,5,7H2,1-4H3. The molecule has 0 bridgehead atoms. The van der Waals surface area contributed by atoms with Crippen molar-refractivity contribution in [2.24, 2.45) is 5.92 Å². The van der Waals surface area contributed by atoms with Crippen LogP contribution < -0.4 is 5.32 Å². The topological polar surface area (TPSA) is 24.9 Å². The van der Waals surface area contributed by atoms with E-state index in [1.165, 1.54) is 16.3 Å². The minimum Gasteiger partial charge on any atom is -0.308 e. The van der Waals surface area contributed by atoms with E-state index in [9.17, 15) is 0 Å². The molecule has 1 atom stereocenters. The van der Waals surface area contributed by atoms with Crippen LogP contribution in [0.1, 0.15) is 37.1 Å². The van der Waals surface area contributed by atoms with Gasteiger partial charge in [0.1, 0.15) is 5.01 Å². The van der Waals surface area contributed by atoms with Crippen molar-refractivity contribution >= 4 is 11.3 Å². The molecule has 0 fully saturated rings. The molecule has 1 aromatic rings. The molecule has 3 heteroatoms. The summed E-state index contributed by atoms with van der Waals surface area (Å²) in [4.78, 5) is 5.61. The Labute approximate surface area is 90.8 Å². The highest BCUT2D eigenvalue weighted by Crippen LogP contribution is 2.11. The number of nitrogens with zero attached hydrogens (tertiary/aromatic N) is 1. The second kappa shape index (κ2) is 5.47. The van der Waals surface area contributed by atoms with Crippen molar-refractivity contribution in [1.29, 1.82) is 0 Å². The molecule has 0 saturated carbocycles. The maximum atomic E-state index is 4.32. The molecule has 0 radical (unpaired) electrons. The van der Waals surface area contributed by atoms with Crippen LogP contribution >= 0.6 is 11.3 Å². The molecule has 0 aliphatic rings. The number of thiazole rings is 1. The van der Waals surface area contributed by atoms with Crippen LogP contribution in [0.4, 0.5) is 0 Å². The summed E-state index contributed by atoms with van der Waals surface area (Å²) < 4.78 is 0. The van der Waals surface area contributed by atoms with Crippen molar-refractivity contribution in [3.05, 3.63) is 16.1 Å². The number of aryl methyl sites for hydroxylation is 1. The lowest BCUT2D eigenvalue weighted by atomic mass is 10.1. The Kier molecular flexibility index (Phi) is 4.55. The van der Waals surface area contributed by atoms with Crippen molar-refractivity contribution in [1.82, 2.24) is 10.3 Å². The van der Waals surface area contributed by atoms with Gasteiger partial charge in [-0.1, -0.05) is 13.8 Å². The van der Waals surface area contributed by atoms with Gasteiger partial charge in [-0.05, 0) is 26.2 Å². The van der Waals surface area contributed by atoms with Gasteiger partial charge >= 0.3 is 0 Å². The Morgan fingerprint density at radius 2 is 2.14 bits per heavy atom. The van der Waals surface area contributed by atoms with E-state index in [0.29, 0.717) is 6.04 Å². The van der Waals surface area contributed by atoms with E-state index >= 15 is 0 Å². The van der Waals surface area contributed by atoms with Crippen molar-refractivity contribution in [3.63, 3.8) is 0 Å². The van der Waals surface area contributed by atoms with Gasteiger partial charge in [0.2, 0.25) is 0 Å².